The summed E-state index contributed by atoms with van der Waals surface area (Å²) in [5, 5.41) is 3.82. The Morgan fingerprint density at radius 1 is 0.917 bits per heavy atom. The van der Waals surface area contributed by atoms with Crippen LogP contribution < -0.4 is 5.32 Å². The van der Waals surface area contributed by atoms with Crippen molar-refractivity contribution in [3.05, 3.63) is 77.9 Å². The Bertz CT molecular complexity index is 1740. The van der Waals surface area contributed by atoms with E-state index in [0.29, 0.717) is 39.1 Å². The van der Waals surface area contributed by atoms with Crippen molar-refractivity contribution in [2.24, 2.45) is 0 Å². The fourth-order valence-electron chi connectivity index (χ4n) is 4.07. The number of halogens is 3. The third-order valence-corrected chi connectivity index (χ3v) is 7.70. The van der Waals surface area contributed by atoms with Crippen LogP contribution in [0, 0.1) is 13.8 Å². The predicted molar refractivity (Wildman–Crippen MR) is 131 cm³/mol. The Morgan fingerprint density at radius 2 is 1.64 bits per heavy atom. The van der Waals surface area contributed by atoms with Crippen LogP contribution >= 0.6 is 0 Å². The fraction of sp³-hybridized carbons (Fsp3) is 0.160. The van der Waals surface area contributed by atoms with Gasteiger partial charge in [-0.2, -0.15) is 13.2 Å². The molecule has 7 nitrogen and oxygen atoms in total. The molecule has 0 saturated carbocycles. The van der Waals surface area contributed by atoms with Crippen molar-refractivity contribution in [1.29, 1.82) is 0 Å². The van der Waals surface area contributed by atoms with Crippen LogP contribution in [0.15, 0.2) is 66.0 Å². The first-order valence-corrected chi connectivity index (χ1v) is 12.3. The van der Waals surface area contributed by atoms with Crippen molar-refractivity contribution in [1.82, 2.24) is 18.9 Å². The Morgan fingerprint density at radius 3 is 2.31 bits per heavy atom. The standard InChI is InChI=1S/C25H20F3N5O2S/c1-14-4-7-17(8-5-14)36(34,35)33-13-21(18-9-6-16(10-22(18)33)25(26,27)28)20-12-30-15(2)19-11-31-24(29-3)32-23(19)20/h4-13H,1-3H3,(H,29,31,32). The quantitative estimate of drug-likeness (QED) is 0.340. The van der Waals surface area contributed by atoms with Crippen LogP contribution in [0.1, 0.15) is 16.8 Å². The molecule has 5 aromatic rings. The molecule has 2 aromatic carbocycles. The van der Waals surface area contributed by atoms with Gasteiger partial charge in [-0.25, -0.2) is 22.4 Å². The van der Waals surface area contributed by atoms with Crippen molar-refractivity contribution >= 4 is 37.8 Å². The molecule has 0 aliphatic carbocycles. The van der Waals surface area contributed by atoms with E-state index in [1.807, 2.05) is 6.92 Å². The maximum atomic E-state index is 13.6. The third-order valence-electron chi connectivity index (χ3n) is 6.01. The van der Waals surface area contributed by atoms with Crippen LogP contribution in [0.25, 0.3) is 32.9 Å². The number of hydrogen-bond acceptors (Lipinski definition) is 6. The van der Waals surface area contributed by atoms with E-state index in [2.05, 4.69) is 20.3 Å². The van der Waals surface area contributed by atoms with Gasteiger partial charge in [0.2, 0.25) is 5.95 Å². The molecule has 0 unspecified atom stereocenters. The number of hydrogen-bond donors (Lipinski definition) is 1. The fourth-order valence-corrected chi connectivity index (χ4v) is 5.43. The summed E-state index contributed by atoms with van der Waals surface area (Å²) in [6, 6.07) is 9.19. The molecule has 36 heavy (non-hydrogen) atoms. The van der Waals surface area contributed by atoms with Crippen LogP contribution in [-0.2, 0) is 16.2 Å². The van der Waals surface area contributed by atoms with Crippen LogP contribution in [0.5, 0.6) is 0 Å². The van der Waals surface area contributed by atoms with Crippen molar-refractivity contribution in [3.8, 4) is 11.1 Å². The molecule has 3 heterocycles. The number of benzene rings is 2. The number of nitrogens with zero attached hydrogens (tertiary/aromatic N) is 4. The van der Waals surface area contributed by atoms with Crippen molar-refractivity contribution in [3.63, 3.8) is 0 Å². The third kappa shape index (κ3) is 3.85. The highest BCUT2D eigenvalue weighted by molar-refractivity contribution is 7.90. The number of rotatable bonds is 4. The molecule has 0 radical (unpaired) electrons. The summed E-state index contributed by atoms with van der Waals surface area (Å²) in [4.78, 5) is 13.1. The number of nitrogens with one attached hydrogen (secondary N) is 1. The van der Waals surface area contributed by atoms with E-state index in [4.69, 9.17) is 0 Å². The zero-order valence-corrected chi connectivity index (χ0v) is 20.2. The predicted octanol–water partition coefficient (Wildman–Crippen LogP) is 5.56. The van der Waals surface area contributed by atoms with Crippen molar-refractivity contribution in [2.45, 2.75) is 24.9 Å². The van der Waals surface area contributed by atoms with Gasteiger partial charge in [0.15, 0.2) is 0 Å². The van der Waals surface area contributed by atoms with Gasteiger partial charge in [-0.05, 0) is 38.1 Å². The lowest BCUT2D eigenvalue weighted by Crippen LogP contribution is -2.12. The van der Waals surface area contributed by atoms with Gasteiger partial charge in [0, 0.05) is 53.2 Å². The van der Waals surface area contributed by atoms with Gasteiger partial charge in [-0.15, -0.1) is 0 Å². The summed E-state index contributed by atoms with van der Waals surface area (Å²) in [6.07, 6.45) is -0.180. The largest absolute Gasteiger partial charge is 0.416 e. The zero-order valence-electron chi connectivity index (χ0n) is 19.4. The SMILES string of the molecule is CNc1ncc2c(C)ncc(-c3cn(S(=O)(=O)c4ccc(C)cc4)c4cc(C(F)(F)F)ccc34)c2n1. The Balaban J connectivity index is 1.86. The molecule has 0 bridgehead atoms. The number of pyridine rings is 1. The zero-order chi connectivity index (χ0) is 25.8. The maximum Gasteiger partial charge on any atom is 0.416 e. The molecule has 184 valence electrons. The monoisotopic (exact) mass is 511 g/mol. The second kappa shape index (κ2) is 8.30. The molecule has 1 N–H and O–H groups in total. The molecule has 0 aliphatic heterocycles. The van der Waals surface area contributed by atoms with Crippen LogP contribution in [-0.4, -0.2) is 34.4 Å². The summed E-state index contributed by atoms with van der Waals surface area (Å²) < 4.78 is 68.9. The summed E-state index contributed by atoms with van der Waals surface area (Å²) in [5.74, 6) is 0.338. The molecule has 5 rings (SSSR count). The number of alkyl halides is 3. The average Bonchev–Trinajstić information content (AvgIpc) is 3.23. The Kier molecular flexibility index (Phi) is 5.47. The number of fused-ring (bicyclic) bond motifs is 2. The van der Waals surface area contributed by atoms with E-state index < -0.39 is 21.8 Å². The van der Waals surface area contributed by atoms with Gasteiger partial charge in [-0.3, -0.25) is 4.98 Å². The molecule has 11 heteroatoms. The first kappa shape index (κ1) is 23.7. The lowest BCUT2D eigenvalue weighted by atomic mass is 10.0. The highest BCUT2D eigenvalue weighted by Crippen LogP contribution is 2.39. The number of anilines is 1. The summed E-state index contributed by atoms with van der Waals surface area (Å²) in [6.45, 7) is 3.60. The van der Waals surface area contributed by atoms with Gasteiger partial charge in [-0.1, -0.05) is 23.8 Å². The van der Waals surface area contributed by atoms with Gasteiger partial charge < -0.3 is 5.32 Å². The highest BCUT2D eigenvalue weighted by Gasteiger charge is 2.32. The van der Waals surface area contributed by atoms with E-state index in [-0.39, 0.29) is 10.4 Å². The average molecular weight is 512 g/mol. The minimum Gasteiger partial charge on any atom is -0.357 e. The van der Waals surface area contributed by atoms with Crippen LogP contribution in [0.2, 0.25) is 0 Å². The molecule has 0 spiro atoms. The minimum atomic E-state index is -4.65. The maximum absolute atomic E-state index is 13.6. The smallest absolute Gasteiger partial charge is 0.357 e. The second-order valence-electron chi connectivity index (χ2n) is 8.35. The Labute approximate surface area is 204 Å². The van der Waals surface area contributed by atoms with Crippen LogP contribution in [0.3, 0.4) is 0 Å². The lowest BCUT2D eigenvalue weighted by molar-refractivity contribution is -0.137. The van der Waals surface area contributed by atoms with E-state index in [1.54, 1.807) is 38.5 Å². The topological polar surface area (TPSA) is 89.8 Å². The van der Waals surface area contributed by atoms with Crippen LogP contribution in [0.4, 0.5) is 19.1 Å². The normalized spacial score (nSPS) is 12.4. The Hall–Kier alpha value is -3.99. The minimum absolute atomic E-state index is 0.0411. The van der Waals surface area contributed by atoms with Gasteiger partial charge >= 0.3 is 6.18 Å². The van der Waals surface area contributed by atoms with Gasteiger partial charge in [0.1, 0.15) is 0 Å². The molecule has 0 saturated heterocycles. The van der Waals surface area contributed by atoms with E-state index in [0.717, 1.165) is 21.7 Å². The summed E-state index contributed by atoms with van der Waals surface area (Å²) in [5.41, 5.74) is 1.80. The van der Waals surface area contributed by atoms with E-state index in [9.17, 15) is 21.6 Å². The summed E-state index contributed by atoms with van der Waals surface area (Å²) >= 11 is 0. The van der Waals surface area contributed by atoms with E-state index >= 15 is 0 Å². The lowest BCUT2D eigenvalue weighted by Gasteiger charge is -2.10. The van der Waals surface area contributed by atoms with Crippen molar-refractivity contribution < 1.29 is 21.6 Å². The first-order chi connectivity index (χ1) is 17.0. The number of aromatic nitrogens is 4. The molecule has 0 fully saturated rings. The molecular formula is C25H20F3N5O2S. The molecular weight excluding hydrogens is 491 g/mol. The van der Waals surface area contributed by atoms with Gasteiger partial charge in [0.25, 0.3) is 10.0 Å². The first-order valence-electron chi connectivity index (χ1n) is 10.9. The molecule has 0 amide bonds. The van der Waals surface area contributed by atoms with Crippen molar-refractivity contribution in [2.75, 3.05) is 12.4 Å². The number of aryl methyl sites for hydroxylation is 2. The molecule has 0 aliphatic rings. The second-order valence-corrected chi connectivity index (χ2v) is 10.2. The molecule has 0 atom stereocenters. The van der Waals surface area contributed by atoms with E-state index in [1.165, 1.54) is 24.4 Å². The summed E-state index contributed by atoms with van der Waals surface area (Å²) in [7, 11) is -2.56. The molecule has 3 aromatic heterocycles. The van der Waals surface area contributed by atoms with Gasteiger partial charge in [0.05, 0.1) is 21.5 Å². The highest BCUT2D eigenvalue weighted by atomic mass is 32.2.